The summed E-state index contributed by atoms with van der Waals surface area (Å²) in [5, 5.41) is 0. The molecule has 0 aliphatic carbocycles. The van der Waals surface area contributed by atoms with Crippen LogP contribution >= 0.6 is 0 Å². The standard InChI is InChI=1S/C15H34N4/c1-5-17-10-8-16(4)9-11-18(6-2)13-15-19(7-3)14-12-17/h16H,4-15H2,1-3H3. The van der Waals surface area contributed by atoms with Gasteiger partial charge in [-0.1, -0.05) is 20.8 Å². The summed E-state index contributed by atoms with van der Waals surface area (Å²) < 4.78 is 0. The Morgan fingerprint density at radius 3 is 1.32 bits per heavy atom. The Hall–Kier alpha value is -0.160. The summed E-state index contributed by atoms with van der Waals surface area (Å²) in [4.78, 5) is 9.13. The van der Waals surface area contributed by atoms with E-state index in [-0.39, 0.29) is 0 Å². The van der Waals surface area contributed by atoms with Gasteiger partial charge in [0.25, 0.3) is 0 Å². The van der Waals surface area contributed by atoms with Gasteiger partial charge in [0, 0.05) is 39.3 Å². The van der Waals surface area contributed by atoms with Gasteiger partial charge in [0.05, 0.1) is 13.1 Å². The van der Waals surface area contributed by atoms with E-state index in [4.69, 9.17) is 0 Å². The van der Waals surface area contributed by atoms with E-state index in [1.165, 1.54) is 50.7 Å². The second-order valence-corrected chi connectivity index (χ2v) is 5.55. The number of hydrogen-bond acceptors (Lipinski definition) is 3. The van der Waals surface area contributed by atoms with Gasteiger partial charge < -0.3 is 9.80 Å². The van der Waals surface area contributed by atoms with E-state index in [0.29, 0.717) is 0 Å². The number of quaternary nitrogens is 1. The largest absolute Gasteiger partial charge is 0.466 e. The number of nitrogens with one attached hydrogen (secondary N) is 1. The molecule has 1 rings (SSSR count). The normalized spacial score (nSPS) is 24.0. The molecule has 0 aromatic carbocycles. The van der Waals surface area contributed by atoms with Gasteiger partial charge >= 0.3 is 0 Å². The molecule has 1 aliphatic heterocycles. The molecule has 114 valence electrons. The summed E-state index contributed by atoms with van der Waals surface area (Å²) in [6.45, 7) is 19.8. The van der Waals surface area contributed by atoms with Gasteiger partial charge in [0.15, 0.2) is 0 Å². The van der Waals surface area contributed by atoms with Crippen molar-refractivity contribution in [2.45, 2.75) is 20.8 Å². The maximum absolute atomic E-state index is 4.25. The Bertz CT molecular complexity index is 202. The van der Waals surface area contributed by atoms with Crippen LogP contribution in [0.4, 0.5) is 0 Å². The average molecular weight is 270 g/mol. The smallest absolute Gasteiger partial charge is 0.0660 e. The van der Waals surface area contributed by atoms with Crippen molar-refractivity contribution in [1.29, 1.82) is 0 Å². The van der Waals surface area contributed by atoms with Crippen LogP contribution in [0.2, 0.25) is 0 Å². The highest BCUT2D eigenvalue weighted by Crippen LogP contribution is 1.95. The fraction of sp³-hybridized carbons (Fsp3) is 0.933. The van der Waals surface area contributed by atoms with Gasteiger partial charge in [-0.25, -0.2) is 0 Å². The summed E-state index contributed by atoms with van der Waals surface area (Å²) in [6.07, 6.45) is 0. The van der Waals surface area contributed by atoms with Crippen molar-refractivity contribution in [3.05, 3.63) is 7.05 Å². The SMILES string of the molecule is [CH2-][NH+]1CCN(CC)CCN(CC)CCN(CC)CC1. The van der Waals surface area contributed by atoms with E-state index in [2.05, 4.69) is 42.5 Å². The van der Waals surface area contributed by atoms with Crippen LogP contribution in [0.5, 0.6) is 0 Å². The number of nitrogens with zero attached hydrogens (tertiary/aromatic N) is 3. The van der Waals surface area contributed by atoms with Gasteiger partial charge in [0.1, 0.15) is 0 Å². The van der Waals surface area contributed by atoms with Crippen LogP contribution in [0.15, 0.2) is 0 Å². The van der Waals surface area contributed by atoms with Crippen LogP contribution in [-0.4, -0.2) is 86.7 Å². The summed E-state index contributed by atoms with van der Waals surface area (Å²) in [6, 6.07) is 0. The average Bonchev–Trinajstić information content (AvgIpc) is 2.43. The van der Waals surface area contributed by atoms with Crippen molar-refractivity contribution in [2.75, 3.05) is 72.0 Å². The lowest BCUT2D eigenvalue weighted by atomic mass is 10.3. The molecule has 1 saturated heterocycles. The van der Waals surface area contributed by atoms with Gasteiger partial charge in [-0.15, -0.1) is 0 Å². The molecule has 19 heavy (non-hydrogen) atoms. The lowest BCUT2D eigenvalue weighted by Gasteiger charge is -2.32. The number of hydrogen-bond donors (Lipinski definition) is 1. The first-order chi connectivity index (χ1) is 9.19. The molecule has 4 heteroatoms. The predicted octanol–water partition coefficient (Wildman–Crippen LogP) is -0.358. The molecule has 1 heterocycles. The van der Waals surface area contributed by atoms with Crippen LogP contribution in [0.1, 0.15) is 20.8 Å². The maximum Gasteiger partial charge on any atom is 0.0660 e. The third-order valence-corrected chi connectivity index (χ3v) is 4.37. The molecule has 0 bridgehead atoms. The third-order valence-electron chi connectivity index (χ3n) is 4.37. The maximum atomic E-state index is 4.25. The van der Waals surface area contributed by atoms with Crippen molar-refractivity contribution in [2.24, 2.45) is 0 Å². The molecular weight excluding hydrogens is 236 g/mol. The molecular formula is C15H34N4. The molecule has 0 aromatic heterocycles. The molecule has 0 amide bonds. The van der Waals surface area contributed by atoms with Crippen LogP contribution in [-0.2, 0) is 0 Å². The minimum absolute atomic E-state index is 1.16. The fourth-order valence-corrected chi connectivity index (χ4v) is 2.61. The lowest BCUT2D eigenvalue weighted by Crippen LogP contribution is -3.08. The van der Waals surface area contributed by atoms with Crippen molar-refractivity contribution < 1.29 is 4.90 Å². The zero-order valence-electron chi connectivity index (χ0n) is 13.3. The Balaban J connectivity index is 2.53. The van der Waals surface area contributed by atoms with E-state index in [0.717, 1.165) is 26.2 Å². The molecule has 4 nitrogen and oxygen atoms in total. The first-order valence-electron chi connectivity index (χ1n) is 8.03. The molecule has 0 saturated carbocycles. The fourth-order valence-electron chi connectivity index (χ4n) is 2.61. The molecule has 0 aromatic rings. The predicted molar refractivity (Wildman–Crippen MR) is 82.4 cm³/mol. The molecule has 0 radical (unpaired) electrons. The number of rotatable bonds is 3. The summed E-state index contributed by atoms with van der Waals surface area (Å²) in [5.74, 6) is 0. The summed E-state index contributed by atoms with van der Waals surface area (Å²) >= 11 is 0. The monoisotopic (exact) mass is 270 g/mol. The zero-order chi connectivity index (χ0) is 14.1. The highest BCUT2D eigenvalue weighted by atomic mass is 15.3. The van der Waals surface area contributed by atoms with Crippen molar-refractivity contribution >= 4 is 0 Å². The quantitative estimate of drug-likeness (QED) is 0.705. The first kappa shape index (κ1) is 16.9. The van der Waals surface area contributed by atoms with Crippen LogP contribution < -0.4 is 4.90 Å². The summed E-state index contributed by atoms with van der Waals surface area (Å²) in [5.41, 5.74) is 0. The molecule has 1 fully saturated rings. The van der Waals surface area contributed by atoms with Gasteiger partial charge in [-0.2, -0.15) is 7.05 Å². The van der Waals surface area contributed by atoms with Crippen LogP contribution in [0, 0.1) is 7.05 Å². The molecule has 1 aliphatic rings. The van der Waals surface area contributed by atoms with Crippen molar-refractivity contribution in [3.8, 4) is 0 Å². The molecule has 1 N–H and O–H groups in total. The van der Waals surface area contributed by atoms with E-state index < -0.39 is 0 Å². The molecule has 0 atom stereocenters. The molecule has 0 unspecified atom stereocenters. The van der Waals surface area contributed by atoms with E-state index in [1.807, 2.05) is 0 Å². The second kappa shape index (κ2) is 9.70. The van der Waals surface area contributed by atoms with Crippen LogP contribution in [0.3, 0.4) is 0 Å². The lowest BCUT2D eigenvalue weighted by molar-refractivity contribution is -0.852. The third kappa shape index (κ3) is 6.70. The number of likely N-dealkylation sites (N-methyl/N-ethyl adjacent to an activating group) is 3. The second-order valence-electron chi connectivity index (χ2n) is 5.55. The topological polar surface area (TPSA) is 14.2 Å². The highest BCUT2D eigenvalue weighted by molar-refractivity contribution is 4.65. The minimum atomic E-state index is 1.16. The molecule has 0 spiro atoms. The van der Waals surface area contributed by atoms with E-state index in [1.54, 1.807) is 0 Å². The first-order valence-corrected chi connectivity index (χ1v) is 8.03. The Kier molecular flexibility index (Phi) is 8.62. The van der Waals surface area contributed by atoms with Gasteiger partial charge in [-0.05, 0) is 19.6 Å². The van der Waals surface area contributed by atoms with Gasteiger partial charge in [-0.3, -0.25) is 9.80 Å². The van der Waals surface area contributed by atoms with Crippen LogP contribution in [0.25, 0.3) is 0 Å². The summed E-state index contributed by atoms with van der Waals surface area (Å²) in [7, 11) is 4.25. The van der Waals surface area contributed by atoms with E-state index >= 15 is 0 Å². The zero-order valence-corrected chi connectivity index (χ0v) is 13.3. The Labute approximate surface area is 120 Å². The highest BCUT2D eigenvalue weighted by Gasteiger charge is 2.12. The van der Waals surface area contributed by atoms with Gasteiger partial charge in [0.2, 0.25) is 0 Å². The Morgan fingerprint density at radius 1 is 0.684 bits per heavy atom. The van der Waals surface area contributed by atoms with Crippen molar-refractivity contribution in [3.63, 3.8) is 0 Å². The minimum Gasteiger partial charge on any atom is -0.466 e. The van der Waals surface area contributed by atoms with E-state index in [9.17, 15) is 0 Å². The Morgan fingerprint density at radius 2 is 1.00 bits per heavy atom. The van der Waals surface area contributed by atoms with Crippen molar-refractivity contribution in [1.82, 2.24) is 14.7 Å².